The summed E-state index contributed by atoms with van der Waals surface area (Å²) in [6.45, 7) is 3.72. The van der Waals surface area contributed by atoms with E-state index >= 15 is 0 Å². The Morgan fingerprint density at radius 1 is 1.30 bits per heavy atom. The zero-order chi connectivity index (χ0) is 14.4. The summed E-state index contributed by atoms with van der Waals surface area (Å²) in [7, 11) is 3.32. The van der Waals surface area contributed by atoms with Crippen LogP contribution in [0.4, 0.5) is 0 Å². The Labute approximate surface area is 120 Å². The lowest BCUT2D eigenvalue weighted by molar-refractivity contribution is 0.167. The van der Waals surface area contributed by atoms with Crippen LogP contribution in [0.1, 0.15) is 31.4 Å². The first-order valence-electron chi connectivity index (χ1n) is 7.09. The number of rotatable bonds is 6. The third-order valence-corrected chi connectivity index (χ3v) is 3.40. The fourth-order valence-corrected chi connectivity index (χ4v) is 2.49. The third kappa shape index (κ3) is 3.07. The fraction of sp³-hybridized carbons (Fsp3) is 0.500. The summed E-state index contributed by atoms with van der Waals surface area (Å²) in [6.07, 6.45) is 4.30. The van der Waals surface area contributed by atoms with Crippen LogP contribution in [0, 0.1) is 0 Å². The van der Waals surface area contributed by atoms with Crippen LogP contribution < -0.4 is 14.8 Å². The van der Waals surface area contributed by atoms with E-state index in [9.17, 15) is 0 Å². The average molecular weight is 277 g/mol. The predicted molar refractivity (Wildman–Crippen MR) is 79.2 cm³/mol. The van der Waals surface area contributed by atoms with Crippen molar-refractivity contribution in [2.45, 2.75) is 25.8 Å². The van der Waals surface area contributed by atoms with Crippen LogP contribution in [0.2, 0.25) is 0 Å². The van der Waals surface area contributed by atoms with Gasteiger partial charge < -0.3 is 19.5 Å². The number of para-hydroxylation sites is 1. The molecule has 1 N–H and O–H groups in total. The maximum atomic E-state index is 5.82. The molecule has 2 rings (SSSR count). The van der Waals surface area contributed by atoms with E-state index in [-0.39, 0.29) is 6.04 Å². The predicted octanol–water partition coefficient (Wildman–Crippen LogP) is 3.05. The Morgan fingerprint density at radius 2 is 2.15 bits per heavy atom. The number of methoxy groups -OCH3 is 2. The number of ether oxygens (including phenoxy) is 3. The van der Waals surface area contributed by atoms with Crippen molar-refractivity contribution in [3.05, 3.63) is 35.6 Å². The first kappa shape index (κ1) is 14.7. The lowest BCUT2D eigenvalue weighted by atomic mass is 10.0. The summed E-state index contributed by atoms with van der Waals surface area (Å²) in [4.78, 5) is 0. The Morgan fingerprint density at radius 3 is 2.75 bits per heavy atom. The molecule has 0 radical (unpaired) electrons. The number of benzene rings is 1. The molecule has 1 aliphatic heterocycles. The van der Waals surface area contributed by atoms with Gasteiger partial charge in [-0.05, 0) is 31.5 Å². The number of likely N-dealkylation sites (N-methyl/N-ethyl adjacent to an activating group) is 1. The fourth-order valence-electron chi connectivity index (χ4n) is 2.49. The number of hydrogen-bond acceptors (Lipinski definition) is 4. The first-order chi connectivity index (χ1) is 9.81. The van der Waals surface area contributed by atoms with E-state index in [2.05, 4.69) is 18.3 Å². The van der Waals surface area contributed by atoms with E-state index in [1.165, 1.54) is 0 Å². The second-order valence-electron chi connectivity index (χ2n) is 4.67. The van der Waals surface area contributed by atoms with E-state index in [4.69, 9.17) is 14.2 Å². The molecule has 4 nitrogen and oxygen atoms in total. The van der Waals surface area contributed by atoms with Crippen molar-refractivity contribution in [3.63, 3.8) is 0 Å². The van der Waals surface area contributed by atoms with Gasteiger partial charge >= 0.3 is 0 Å². The summed E-state index contributed by atoms with van der Waals surface area (Å²) in [5.74, 6) is 2.48. The quantitative estimate of drug-likeness (QED) is 0.867. The van der Waals surface area contributed by atoms with Crippen molar-refractivity contribution in [2.24, 2.45) is 0 Å². The molecule has 1 aromatic carbocycles. The van der Waals surface area contributed by atoms with Gasteiger partial charge in [-0.1, -0.05) is 19.1 Å². The van der Waals surface area contributed by atoms with Gasteiger partial charge in [-0.2, -0.15) is 0 Å². The molecule has 1 aromatic rings. The zero-order valence-electron chi connectivity index (χ0n) is 12.4. The van der Waals surface area contributed by atoms with Crippen LogP contribution in [-0.2, 0) is 4.74 Å². The second kappa shape index (κ2) is 7.20. The van der Waals surface area contributed by atoms with E-state index in [1.54, 1.807) is 14.2 Å². The molecule has 1 aliphatic rings. The van der Waals surface area contributed by atoms with Crippen LogP contribution >= 0.6 is 0 Å². The summed E-state index contributed by atoms with van der Waals surface area (Å²) in [5.41, 5.74) is 1.04. The maximum Gasteiger partial charge on any atom is 0.165 e. The Kier molecular flexibility index (Phi) is 5.30. The van der Waals surface area contributed by atoms with E-state index in [0.29, 0.717) is 0 Å². The summed E-state index contributed by atoms with van der Waals surface area (Å²) in [6, 6.07) is 5.93. The lowest BCUT2D eigenvalue weighted by Crippen LogP contribution is -2.25. The van der Waals surface area contributed by atoms with Gasteiger partial charge in [-0.15, -0.1) is 0 Å². The lowest BCUT2D eigenvalue weighted by Gasteiger charge is -2.26. The third-order valence-electron chi connectivity index (χ3n) is 3.40. The Bertz CT molecular complexity index is 471. The van der Waals surface area contributed by atoms with Gasteiger partial charge in [0.05, 0.1) is 26.9 Å². The molecular formula is C16H23NO3. The molecule has 0 spiro atoms. The van der Waals surface area contributed by atoms with Gasteiger partial charge in [0.1, 0.15) is 5.76 Å². The highest BCUT2D eigenvalue weighted by Crippen LogP contribution is 2.38. The standard InChI is InChI=1S/C16H23NO3/c1-4-17-15(13-9-5-6-11-20-13)12-8-7-10-14(18-2)16(12)19-3/h7-10,15,17H,4-6,11H2,1-3H3. The average Bonchev–Trinajstić information content (AvgIpc) is 2.52. The van der Waals surface area contributed by atoms with Crippen molar-refractivity contribution >= 4 is 0 Å². The van der Waals surface area contributed by atoms with E-state index in [1.807, 2.05) is 18.2 Å². The van der Waals surface area contributed by atoms with Gasteiger partial charge in [-0.25, -0.2) is 0 Å². The van der Waals surface area contributed by atoms with Gasteiger partial charge in [0.2, 0.25) is 0 Å². The molecule has 1 atom stereocenters. The van der Waals surface area contributed by atoms with Crippen molar-refractivity contribution in [1.29, 1.82) is 0 Å². The molecular weight excluding hydrogens is 254 g/mol. The van der Waals surface area contributed by atoms with Crippen molar-refractivity contribution in [3.8, 4) is 11.5 Å². The second-order valence-corrected chi connectivity index (χ2v) is 4.67. The molecule has 110 valence electrons. The van der Waals surface area contributed by atoms with Crippen molar-refractivity contribution in [1.82, 2.24) is 5.32 Å². The van der Waals surface area contributed by atoms with Gasteiger partial charge in [0.25, 0.3) is 0 Å². The topological polar surface area (TPSA) is 39.7 Å². The molecule has 0 amide bonds. The number of hydrogen-bond donors (Lipinski definition) is 1. The highest BCUT2D eigenvalue weighted by atomic mass is 16.5. The van der Waals surface area contributed by atoms with Crippen molar-refractivity contribution in [2.75, 3.05) is 27.4 Å². The maximum absolute atomic E-state index is 5.82. The molecule has 0 saturated heterocycles. The minimum absolute atomic E-state index is 0.00495. The zero-order valence-corrected chi connectivity index (χ0v) is 12.4. The van der Waals surface area contributed by atoms with Crippen LogP contribution in [-0.4, -0.2) is 27.4 Å². The van der Waals surface area contributed by atoms with Gasteiger partial charge in [0.15, 0.2) is 11.5 Å². The molecule has 0 saturated carbocycles. The van der Waals surface area contributed by atoms with E-state index in [0.717, 1.165) is 48.8 Å². The molecule has 4 heteroatoms. The molecule has 0 bridgehead atoms. The summed E-state index contributed by atoms with van der Waals surface area (Å²) < 4.78 is 16.7. The van der Waals surface area contributed by atoms with Crippen LogP contribution in [0.25, 0.3) is 0 Å². The molecule has 20 heavy (non-hydrogen) atoms. The van der Waals surface area contributed by atoms with Crippen LogP contribution in [0.15, 0.2) is 30.0 Å². The monoisotopic (exact) mass is 277 g/mol. The number of allylic oxidation sites excluding steroid dienone is 1. The molecule has 0 fully saturated rings. The summed E-state index contributed by atoms with van der Waals surface area (Å²) >= 11 is 0. The summed E-state index contributed by atoms with van der Waals surface area (Å²) in [5, 5.41) is 3.47. The van der Waals surface area contributed by atoms with E-state index < -0.39 is 0 Å². The minimum atomic E-state index is 0.00495. The first-order valence-corrected chi connectivity index (χ1v) is 7.09. The Hall–Kier alpha value is -1.68. The smallest absolute Gasteiger partial charge is 0.165 e. The van der Waals surface area contributed by atoms with Crippen LogP contribution in [0.3, 0.4) is 0 Å². The highest BCUT2D eigenvalue weighted by Gasteiger charge is 2.24. The molecule has 1 unspecified atom stereocenters. The number of nitrogens with one attached hydrogen (secondary N) is 1. The largest absolute Gasteiger partial charge is 0.496 e. The minimum Gasteiger partial charge on any atom is -0.496 e. The highest BCUT2D eigenvalue weighted by molar-refractivity contribution is 5.49. The van der Waals surface area contributed by atoms with Gasteiger partial charge in [-0.3, -0.25) is 0 Å². The van der Waals surface area contributed by atoms with Crippen molar-refractivity contribution < 1.29 is 14.2 Å². The van der Waals surface area contributed by atoms with Crippen LogP contribution in [0.5, 0.6) is 11.5 Å². The van der Waals surface area contributed by atoms with Gasteiger partial charge in [0, 0.05) is 5.56 Å². The molecule has 0 aromatic heterocycles. The molecule has 1 heterocycles. The molecule has 0 aliphatic carbocycles. The normalized spacial score (nSPS) is 16.1. The SMILES string of the molecule is CCNC(C1=CCCCO1)c1cccc(OC)c1OC. The Balaban J connectivity index is 2.40.